The molecule has 1 saturated heterocycles. The molecule has 3 aliphatic rings. The number of nitrogens with zero attached hydrogens (tertiary/aromatic N) is 1. The van der Waals surface area contributed by atoms with Gasteiger partial charge in [-0.15, -0.1) is 0 Å². The van der Waals surface area contributed by atoms with E-state index in [1.807, 2.05) is 11.0 Å². The molecule has 1 saturated carbocycles. The number of carbonyl (C=O) groups excluding carboxylic acids is 2. The minimum Gasteiger partial charge on any atom is -0.454 e. The molecule has 6 heteroatoms. The van der Waals surface area contributed by atoms with E-state index in [4.69, 9.17) is 14.2 Å². The summed E-state index contributed by atoms with van der Waals surface area (Å²) < 4.78 is 15.8. The largest absolute Gasteiger partial charge is 0.454 e. The number of piperidine rings is 1. The maximum absolute atomic E-state index is 12.6. The van der Waals surface area contributed by atoms with Crippen molar-refractivity contribution in [1.29, 1.82) is 0 Å². The molecule has 27 heavy (non-hydrogen) atoms. The zero-order valence-corrected chi connectivity index (χ0v) is 15.4. The monoisotopic (exact) mass is 371 g/mol. The molecule has 144 valence electrons. The van der Waals surface area contributed by atoms with Gasteiger partial charge in [0.1, 0.15) is 0 Å². The molecule has 0 radical (unpaired) electrons. The first-order valence-corrected chi connectivity index (χ1v) is 9.75. The van der Waals surface area contributed by atoms with E-state index in [2.05, 4.69) is 0 Å². The Kier molecular flexibility index (Phi) is 5.32. The van der Waals surface area contributed by atoms with Crippen molar-refractivity contribution in [3.05, 3.63) is 29.8 Å². The van der Waals surface area contributed by atoms with E-state index in [-0.39, 0.29) is 19.3 Å². The molecule has 1 aliphatic carbocycles. The molecule has 6 nitrogen and oxygen atoms in total. The third-order valence-corrected chi connectivity index (χ3v) is 5.71. The summed E-state index contributed by atoms with van der Waals surface area (Å²) in [7, 11) is 0. The van der Waals surface area contributed by atoms with Crippen molar-refractivity contribution < 1.29 is 23.8 Å². The van der Waals surface area contributed by atoms with Gasteiger partial charge < -0.3 is 19.1 Å². The molecular formula is C21H25NO5. The van der Waals surface area contributed by atoms with Crippen LogP contribution in [0.15, 0.2) is 24.3 Å². The molecule has 0 N–H and O–H groups in total. The van der Waals surface area contributed by atoms with Crippen LogP contribution in [0.25, 0.3) is 6.08 Å². The van der Waals surface area contributed by atoms with Crippen LogP contribution < -0.4 is 9.47 Å². The van der Waals surface area contributed by atoms with Crippen LogP contribution >= 0.6 is 0 Å². The predicted octanol–water partition coefficient (Wildman–Crippen LogP) is 3.15. The second kappa shape index (κ2) is 8.03. The lowest BCUT2D eigenvalue weighted by Crippen LogP contribution is -2.50. The number of fused-ring (bicyclic) bond motifs is 2. The molecule has 0 spiro atoms. The Hall–Kier alpha value is -2.50. The SMILES string of the molecule is O=C(/C=C/c1ccc2c(c1)OCO2)OCC(=O)N1CCC[C@@H]2CCCC[C@H]21. The lowest BCUT2D eigenvalue weighted by Gasteiger charge is -2.44. The molecule has 0 bridgehead atoms. The van der Waals surface area contributed by atoms with Crippen LogP contribution in [0.3, 0.4) is 0 Å². The summed E-state index contributed by atoms with van der Waals surface area (Å²) in [5.41, 5.74) is 0.809. The second-order valence-corrected chi connectivity index (χ2v) is 7.39. The van der Waals surface area contributed by atoms with E-state index in [9.17, 15) is 9.59 Å². The first-order valence-electron chi connectivity index (χ1n) is 9.75. The number of likely N-dealkylation sites (tertiary alicyclic amines) is 1. The van der Waals surface area contributed by atoms with E-state index in [0.717, 1.165) is 24.9 Å². The highest BCUT2D eigenvalue weighted by atomic mass is 16.7. The average Bonchev–Trinajstić information content (AvgIpc) is 3.18. The molecule has 2 fully saturated rings. The van der Waals surface area contributed by atoms with E-state index < -0.39 is 5.97 Å². The zero-order valence-electron chi connectivity index (χ0n) is 15.4. The smallest absolute Gasteiger partial charge is 0.331 e. The van der Waals surface area contributed by atoms with Gasteiger partial charge in [0.15, 0.2) is 18.1 Å². The first-order chi connectivity index (χ1) is 13.2. The quantitative estimate of drug-likeness (QED) is 0.601. The topological polar surface area (TPSA) is 65.1 Å². The van der Waals surface area contributed by atoms with Crippen LogP contribution in [-0.4, -0.2) is 42.8 Å². The molecule has 0 aromatic heterocycles. The van der Waals surface area contributed by atoms with Crippen LogP contribution in [0.1, 0.15) is 44.1 Å². The fourth-order valence-electron chi connectivity index (χ4n) is 4.38. The normalized spacial score (nSPS) is 23.9. The van der Waals surface area contributed by atoms with Gasteiger partial charge in [-0.25, -0.2) is 4.79 Å². The lowest BCUT2D eigenvalue weighted by molar-refractivity contribution is -0.151. The summed E-state index contributed by atoms with van der Waals surface area (Å²) in [6.07, 6.45) is 9.99. The van der Waals surface area contributed by atoms with E-state index in [1.54, 1.807) is 18.2 Å². The fraction of sp³-hybridized carbons (Fsp3) is 0.524. The van der Waals surface area contributed by atoms with Gasteiger partial charge in [-0.2, -0.15) is 0 Å². The number of hydrogen-bond acceptors (Lipinski definition) is 5. The maximum atomic E-state index is 12.6. The van der Waals surface area contributed by atoms with Crippen LogP contribution in [0.2, 0.25) is 0 Å². The van der Waals surface area contributed by atoms with Gasteiger partial charge >= 0.3 is 5.97 Å². The third kappa shape index (κ3) is 4.10. The molecule has 0 unspecified atom stereocenters. The standard InChI is InChI=1S/C21H25NO5/c23-20(22-11-3-5-16-4-1-2-6-17(16)22)13-25-21(24)10-8-15-7-9-18-19(12-15)27-14-26-18/h7-10,12,16-17H,1-6,11,13-14H2/b10-8+/t16-,17+/m0/s1. The highest BCUT2D eigenvalue weighted by molar-refractivity contribution is 5.89. The molecule has 4 rings (SSSR count). The number of esters is 1. The number of benzene rings is 1. The van der Waals surface area contributed by atoms with Crippen molar-refractivity contribution in [2.45, 2.75) is 44.6 Å². The van der Waals surface area contributed by atoms with E-state index >= 15 is 0 Å². The molecule has 2 aliphatic heterocycles. The number of amides is 1. The average molecular weight is 371 g/mol. The van der Waals surface area contributed by atoms with E-state index in [1.165, 1.54) is 31.8 Å². The zero-order chi connectivity index (χ0) is 18.6. The molecular weight excluding hydrogens is 346 g/mol. The molecule has 1 aromatic rings. The number of rotatable bonds is 4. The van der Waals surface area contributed by atoms with Gasteiger partial charge in [0, 0.05) is 18.7 Å². The summed E-state index contributed by atoms with van der Waals surface area (Å²) in [4.78, 5) is 26.5. The minimum atomic E-state index is -0.516. The Morgan fingerprint density at radius 3 is 2.85 bits per heavy atom. The third-order valence-electron chi connectivity index (χ3n) is 5.71. The second-order valence-electron chi connectivity index (χ2n) is 7.39. The maximum Gasteiger partial charge on any atom is 0.331 e. The van der Waals surface area contributed by atoms with Gasteiger partial charge in [-0.1, -0.05) is 18.9 Å². The summed E-state index contributed by atoms with van der Waals surface area (Å²) in [6, 6.07) is 5.77. The fourth-order valence-corrected chi connectivity index (χ4v) is 4.38. The minimum absolute atomic E-state index is 0.0728. The van der Waals surface area contributed by atoms with Crippen molar-refractivity contribution >= 4 is 18.0 Å². The van der Waals surface area contributed by atoms with Crippen molar-refractivity contribution in [2.24, 2.45) is 5.92 Å². The summed E-state index contributed by atoms with van der Waals surface area (Å²) in [6.45, 7) is 0.809. The van der Waals surface area contributed by atoms with Crippen LogP contribution in [0.5, 0.6) is 11.5 Å². The van der Waals surface area contributed by atoms with Gasteiger partial charge in [-0.05, 0) is 55.4 Å². The van der Waals surface area contributed by atoms with Gasteiger partial charge in [0.25, 0.3) is 5.91 Å². The van der Waals surface area contributed by atoms with Crippen molar-refractivity contribution in [3.8, 4) is 11.5 Å². The summed E-state index contributed by atoms with van der Waals surface area (Å²) in [5, 5.41) is 0. The Labute approximate surface area is 159 Å². The first kappa shape index (κ1) is 17.9. The number of ether oxygens (including phenoxy) is 3. The van der Waals surface area contributed by atoms with Crippen molar-refractivity contribution in [2.75, 3.05) is 19.9 Å². The Morgan fingerprint density at radius 1 is 1.11 bits per heavy atom. The number of hydrogen-bond donors (Lipinski definition) is 0. The lowest BCUT2D eigenvalue weighted by atomic mass is 9.78. The highest BCUT2D eigenvalue weighted by Gasteiger charge is 2.35. The summed E-state index contributed by atoms with van der Waals surface area (Å²) >= 11 is 0. The summed E-state index contributed by atoms with van der Waals surface area (Å²) in [5.74, 6) is 1.39. The van der Waals surface area contributed by atoms with Crippen LogP contribution in [0.4, 0.5) is 0 Å². The van der Waals surface area contributed by atoms with Crippen molar-refractivity contribution in [3.63, 3.8) is 0 Å². The molecule has 2 heterocycles. The molecule has 1 amide bonds. The van der Waals surface area contributed by atoms with Crippen molar-refractivity contribution in [1.82, 2.24) is 4.90 Å². The van der Waals surface area contributed by atoms with Crippen LogP contribution in [-0.2, 0) is 14.3 Å². The highest BCUT2D eigenvalue weighted by Crippen LogP contribution is 2.35. The molecule has 1 aromatic carbocycles. The Balaban J connectivity index is 1.29. The van der Waals surface area contributed by atoms with Gasteiger partial charge in [0.05, 0.1) is 0 Å². The van der Waals surface area contributed by atoms with Crippen LogP contribution in [0, 0.1) is 5.92 Å². The molecule has 2 atom stereocenters. The Bertz CT molecular complexity index is 742. The van der Waals surface area contributed by atoms with Gasteiger partial charge in [-0.3, -0.25) is 4.79 Å². The number of carbonyl (C=O) groups is 2. The predicted molar refractivity (Wildman–Crippen MR) is 99.3 cm³/mol. The van der Waals surface area contributed by atoms with E-state index in [0.29, 0.717) is 23.5 Å². The van der Waals surface area contributed by atoms with Gasteiger partial charge in [0.2, 0.25) is 6.79 Å². The Morgan fingerprint density at radius 2 is 1.93 bits per heavy atom.